The molecule has 0 aliphatic heterocycles. The van der Waals surface area contributed by atoms with Gasteiger partial charge in [-0.05, 0) is 30.3 Å². The number of H-pyrrole nitrogens is 1. The molecule has 1 heterocycles. The number of aromatic amines is 1. The van der Waals surface area contributed by atoms with Gasteiger partial charge in [0.05, 0.1) is 14.2 Å². The summed E-state index contributed by atoms with van der Waals surface area (Å²) in [5.41, 5.74) is 2.47. The molecule has 0 fully saturated rings. The van der Waals surface area contributed by atoms with E-state index in [1.165, 1.54) is 6.07 Å². The summed E-state index contributed by atoms with van der Waals surface area (Å²) in [6, 6.07) is 12.3. The molecule has 4 heteroatoms. The summed E-state index contributed by atoms with van der Waals surface area (Å²) < 4.78 is 24.2. The highest BCUT2D eigenvalue weighted by Gasteiger charge is 2.09. The standard InChI is InChI=1S/C16H14FNO2/c1-19-11-6-10(7-12(8-11)20-2)16-9-13-14(17)4-3-5-15(13)18-16/h3-9,18H,1-2H3. The molecule has 20 heavy (non-hydrogen) atoms. The van der Waals surface area contributed by atoms with Crippen LogP contribution in [-0.4, -0.2) is 19.2 Å². The van der Waals surface area contributed by atoms with E-state index in [9.17, 15) is 4.39 Å². The fourth-order valence-corrected chi connectivity index (χ4v) is 2.24. The zero-order valence-corrected chi connectivity index (χ0v) is 11.2. The van der Waals surface area contributed by atoms with E-state index in [2.05, 4.69) is 4.98 Å². The number of nitrogens with one attached hydrogen (secondary N) is 1. The first kappa shape index (κ1) is 12.5. The van der Waals surface area contributed by atoms with Gasteiger partial charge in [-0.1, -0.05) is 6.07 Å². The van der Waals surface area contributed by atoms with E-state index in [1.54, 1.807) is 32.4 Å². The van der Waals surface area contributed by atoms with Gasteiger partial charge < -0.3 is 14.5 Å². The Morgan fingerprint density at radius 1 is 0.950 bits per heavy atom. The second-order valence-electron chi connectivity index (χ2n) is 4.49. The first-order valence-corrected chi connectivity index (χ1v) is 6.22. The number of rotatable bonds is 3. The van der Waals surface area contributed by atoms with Crippen molar-refractivity contribution in [3.05, 3.63) is 48.3 Å². The molecule has 0 spiro atoms. The number of aromatic nitrogens is 1. The van der Waals surface area contributed by atoms with Gasteiger partial charge in [-0.25, -0.2) is 4.39 Å². The van der Waals surface area contributed by atoms with Crippen molar-refractivity contribution < 1.29 is 13.9 Å². The Balaban J connectivity index is 2.17. The van der Waals surface area contributed by atoms with Crippen molar-refractivity contribution in [1.29, 1.82) is 0 Å². The van der Waals surface area contributed by atoms with Crippen LogP contribution in [0, 0.1) is 5.82 Å². The topological polar surface area (TPSA) is 34.2 Å². The SMILES string of the molecule is COc1cc(OC)cc(-c2cc3c(F)cccc3[nH]2)c1. The van der Waals surface area contributed by atoms with Crippen molar-refractivity contribution in [2.45, 2.75) is 0 Å². The third-order valence-electron chi connectivity index (χ3n) is 3.27. The maximum Gasteiger partial charge on any atom is 0.132 e. The highest BCUT2D eigenvalue weighted by atomic mass is 19.1. The Bertz CT molecular complexity index is 742. The smallest absolute Gasteiger partial charge is 0.132 e. The largest absolute Gasteiger partial charge is 0.497 e. The van der Waals surface area contributed by atoms with Gasteiger partial charge in [0, 0.05) is 28.2 Å². The Hall–Kier alpha value is -2.49. The zero-order valence-electron chi connectivity index (χ0n) is 11.2. The van der Waals surface area contributed by atoms with Gasteiger partial charge in [0.25, 0.3) is 0 Å². The summed E-state index contributed by atoms with van der Waals surface area (Å²) in [5, 5.41) is 0.573. The fourth-order valence-electron chi connectivity index (χ4n) is 2.24. The van der Waals surface area contributed by atoms with Crippen LogP contribution in [0.1, 0.15) is 0 Å². The average Bonchev–Trinajstić information content (AvgIpc) is 2.92. The molecule has 3 aromatic rings. The molecule has 0 radical (unpaired) electrons. The van der Waals surface area contributed by atoms with Gasteiger partial charge in [0.1, 0.15) is 17.3 Å². The molecule has 0 saturated carbocycles. The summed E-state index contributed by atoms with van der Waals surface area (Å²) in [7, 11) is 3.20. The van der Waals surface area contributed by atoms with Crippen molar-refractivity contribution in [3.63, 3.8) is 0 Å². The molecule has 0 amide bonds. The number of hydrogen-bond acceptors (Lipinski definition) is 2. The third-order valence-corrected chi connectivity index (χ3v) is 3.27. The van der Waals surface area contributed by atoms with Crippen LogP contribution in [0.2, 0.25) is 0 Å². The molecule has 0 bridgehead atoms. The fraction of sp³-hybridized carbons (Fsp3) is 0.125. The third kappa shape index (κ3) is 2.09. The van der Waals surface area contributed by atoms with Crippen molar-refractivity contribution in [1.82, 2.24) is 4.98 Å². The Morgan fingerprint density at radius 3 is 2.25 bits per heavy atom. The van der Waals surface area contributed by atoms with Crippen molar-refractivity contribution in [2.75, 3.05) is 14.2 Å². The number of ether oxygens (including phenoxy) is 2. The number of methoxy groups -OCH3 is 2. The molecule has 1 N–H and O–H groups in total. The maximum atomic E-state index is 13.7. The van der Waals surface area contributed by atoms with E-state index in [0.29, 0.717) is 16.9 Å². The molecule has 0 aliphatic rings. The van der Waals surface area contributed by atoms with Crippen LogP contribution >= 0.6 is 0 Å². The lowest BCUT2D eigenvalue weighted by atomic mass is 10.1. The van der Waals surface area contributed by atoms with Crippen molar-refractivity contribution in [2.24, 2.45) is 0 Å². The first-order chi connectivity index (χ1) is 9.71. The Morgan fingerprint density at radius 2 is 1.65 bits per heavy atom. The quantitative estimate of drug-likeness (QED) is 0.781. The van der Waals surface area contributed by atoms with Crippen LogP contribution in [0.25, 0.3) is 22.2 Å². The first-order valence-electron chi connectivity index (χ1n) is 6.22. The van der Waals surface area contributed by atoms with Crippen molar-refractivity contribution in [3.8, 4) is 22.8 Å². The lowest BCUT2D eigenvalue weighted by molar-refractivity contribution is 0.394. The highest BCUT2D eigenvalue weighted by molar-refractivity contribution is 5.86. The molecule has 102 valence electrons. The number of fused-ring (bicyclic) bond motifs is 1. The minimum atomic E-state index is -0.236. The molecule has 0 atom stereocenters. The van der Waals surface area contributed by atoms with Crippen LogP contribution in [0.4, 0.5) is 4.39 Å². The second kappa shape index (κ2) is 4.89. The molecule has 3 nitrogen and oxygen atoms in total. The summed E-state index contributed by atoms with van der Waals surface area (Å²) >= 11 is 0. The number of halogens is 1. The molecular formula is C16H14FNO2. The average molecular weight is 271 g/mol. The predicted octanol–water partition coefficient (Wildman–Crippen LogP) is 3.99. The predicted molar refractivity (Wildman–Crippen MR) is 76.8 cm³/mol. The van der Waals surface area contributed by atoms with E-state index < -0.39 is 0 Å². The van der Waals surface area contributed by atoms with Crippen LogP contribution in [-0.2, 0) is 0 Å². The van der Waals surface area contributed by atoms with E-state index in [4.69, 9.17) is 9.47 Å². The lowest BCUT2D eigenvalue weighted by Crippen LogP contribution is -1.88. The summed E-state index contributed by atoms with van der Waals surface area (Å²) in [5.74, 6) is 1.15. The van der Waals surface area contributed by atoms with Gasteiger partial charge in [0.15, 0.2) is 0 Å². The molecule has 0 aliphatic carbocycles. The number of benzene rings is 2. The van der Waals surface area contributed by atoms with Crippen LogP contribution in [0.5, 0.6) is 11.5 Å². The molecular weight excluding hydrogens is 257 g/mol. The van der Waals surface area contributed by atoms with E-state index in [-0.39, 0.29) is 5.82 Å². The zero-order chi connectivity index (χ0) is 14.1. The Kier molecular flexibility index (Phi) is 3.06. The van der Waals surface area contributed by atoms with Gasteiger partial charge in [-0.3, -0.25) is 0 Å². The van der Waals surface area contributed by atoms with Crippen LogP contribution < -0.4 is 9.47 Å². The second-order valence-corrected chi connectivity index (χ2v) is 4.49. The highest BCUT2D eigenvalue weighted by Crippen LogP contribution is 2.31. The Labute approximate surface area is 116 Å². The van der Waals surface area contributed by atoms with E-state index in [1.807, 2.05) is 18.2 Å². The molecule has 3 rings (SSSR count). The van der Waals surface area contributed by atoms with Gasteiger partial charge in [-0.15, -0.1) is 0 Å². The van der Waals surface area contributed by atoms with E-state index in [0.717, 1.165) is 16.8 Å². The maximum absolute atomic E-state index is 13.7. The number of hydrogen-bond donors (Lipinski definition) is 1. The normalized spacial score (nSPS) is 10.8. The van der Waals surface area contributed by atoms with E-state index >= 15 is 0 Å². The van der Waals surface area contributed by atoms with Gasteiger partial charge in [0.2, 0.25) is 0 Å². The minimum absolute atomic E-state index is 0.236. The molecule has 0 unspecified atom stereocenters. The van der Waals surface area contributed by atoms with Gasteiger partial charge in [-0.2, -0.15) is 0 Å². The molecule has 2 aromatic carbocycles. The van der Waals surface area contributed by atoms with Crippen LogP contribution in [0.3, 0.4) is 0 Å². The molecule has 1 aromatic heterocycles. The van der Waals surface area contributed by atoms with Crippen LogP contribution in [0.15, 0.2) is 42.5 Å². The van der Waals surface area contributed by atoms with Crippen molar-refractivity contribution >= 4 is 10.9 Å². The lowest BCUT2D eigenvalue weighted by Gasteiger charge is -2.07. The molecule has 0 saturated heterocycles. The van der Waals surface area contributed by atoms with Gasteiger partial charge >= 0.3 is 0 Å². The summed E-state index contributed by atoms with van der Waals surface area (Å²) in [6.07, 6.45) is 0. The summed E-state index contributed by atoms with van der Waals surface area (Å²) in [4.78, 5) is 3.20. The summed E-state index contributed by atoms with van der Waals surface area (Å²) in [6.45, 7) is 0. The monoisotopic (exact) mass is 271 g/mol. The minimum Gasteiger partial charge on any atom is -0.497 e.